The molecular formula is C19H29N3O3. The molecule has 1 saturated carbocycles. The van der Waals surface area contributed by atoms with Gasteiger partial charge in [0.2, 0.25) is 5.89 Å². The third-order valence-electron chi connectivity index (χ3n) is 5.31. The smallest absolute Gasteiger partial charge is 0.307 e. The van der Waals surface area contributed by atoms with E-state index in [-0.39, 0.29) is 17.6 Å². The lowest BCUT2D eigenvalue weighted by molar-refractivity contribution is -0.147. The number of aromatic nitrogens is 2. The molecule has 1 aliphatic carbocycles. The van der Waals surface area contributed by atoms with Crippen LogP contribution in [-0.4, -0.2) is 21.2 Å². The highest BCUT2D eigenvalue weighted by atomic mass is 16.5. The summed E-state index contributed by atoms with van der Waals surface area (Å²) >= 11 is 0. The number of aliphatic carboxylic acids is 1. The summed E-state index contributed by atoms with van der Waals surface area (Å²) in [6, 6.07) is 1.85. The zero-order valence-corrected chi connectivity index (χ0v) is 15.5. The van der Waals surface area contributed by atoms with Crippen molar-refractivity contribution in [2.24, 2.45) is 17.3 Å². The minimum atomic E-state index is -0.855. The van der Waals surface area contributed by atoms with Crippen molar-refractivity contribution in [2.75, 3.05) is 0 Å². The number of nitriles is 1. The average molecular weight is 347 g/mol. The van der Waals surface area contributed by atoms with Gasteiger partial charge >= 0.3 is 5.97 Å². The third kappa shape index (κ3) is 5.29. The molecule has 2 atom stereocenters. The van der Waals surface area contributed by atoms with Crippen LogP contribution in [0.2, 0.25) is 0 Å². The maximum Gasteiger partial charge on any atom is 0.307 e. The number of rotatable bonds is 7. The van der Waals surface area contributed by atoms with Gasteiger partial charge in [-0.05, 0) is 22.9 Å². The molecule has 2 rings (SSSR count). The van der Waals surface area contributed by atoms with Crippen molar-refractivity contribution in [3.8, 4) is 6.07 Å². The zero-order chi connectivity index (χ0) is 18.4. The van der Waals surface area contributed by atoms with E-state index in [1.54, 1.807) is 0 Å². The minimum absolute atomic E-state index is 0.0367. The van der Waals surface area contributed by atoms with E-state index < -0.39 is 17.3 Å². The number of carbonyl (C=O) groups is 1. The number of hydrogen-bond donors (Lipinski definition) is 1. The molecule has 1 aliphatic rings. The van der Waals surface area contributed by atoms with Crippen molar-refractivity contribution in [1.82, 2.24) is 10.1 Å². The molecule has 6 nitrogen and oxygen atoms in total. The minimum Gasteiger partial charge on any atom is -0.481 e. The topological polar surface area (TPSA) is 100 Å². The highest BCUT2D eigenvalue weighted by Gasteiger charge is 2.41. The lowest BCUT2D eigenvalue weighted by atomic mass is 9.71. The summed E-state index contributed by atoms with van der Waals surface area (Å²) in [6.07, 6.45) is 9.27. The molecule has 0 aromatic carbocycles. The van der Waals surface area contributed by atoms with E-state index in [4.69, 9.17) is 9.78 Å². The number of carboxylic acid groups (broad SMARTS) is 1. The average Bonchev–Trinajstić information content (AvgIpc) is 3.02. The van der Waals surface area contributed by atoms with E-state index in [1.807, 2.05) is 26.8 Å². The van der Waals surface area contributed by atoms with Crippen LogP contribution in [0, 0.1) is 28.6 Å². The monoisotopic (exact) mass is 347 g/mol. The van der Waals surface area contributed by atoms with Crippen molar-refractivity contribution < 1.29 is 14.4 Å². The summed E-state index contributed by atoms with van der Waals surface area (Å²) in [5.41, 5.74) is -0.442. The summed E-state index contributed by atoms with van der Waals surface area (Å²) in [4.78, 5) is 16.1. The van der Waals surface area contributed by atoms with Crippen molar-refractivity contribution in [3.05, 3.63) is 11.7 Å². The van der Waals surface area contributed by atoms with E-state index in [0.29, 0.717) is 6.42 Å². The van der Waals surface area contributed by atoms with Crippen molar-refractivity contribution in [3.63, 3.8) is 0 Å². The Bertz CT molecular complexity index is 606. The quantitative estimate of drug-likeness (QED) is 0.778. The Labute approximate surface area is 149 Å². The van der Waals surface area contributed by atoms with Gasteiger partial charge in [0.05, 0.1) is 11.8 Å². The molecule has 0 saturated heterocycles. The highest BCUT2D eigenvalue weighted by molar-refractivity contribution is 5.72. The Hall–Kier alpha value is -1.90. The molecule has 1 N–H and O–H groups in total. The first kappa shape index (κ1) is 19.4. The van der Waals surface area contributed by atoms with Gasteiger partial charge in [0.15, 0.2) is 0 Å². The van der Waals surface area contributed by atoms with E-state index in [2.05, 4.69) is 10.1 Å². The highest BCUT2D eigenvalue weighted by Crippen LogP contribution is 2.41. The first-order valence-electron chi connectivity index (χ1n) is 9.29. The fraction of sp³-hybridized carbons (Fsp3) is 0.789. The van der Waals surface area contributed by atoms with Gasteiger partial charge in [0.1, 0.15) is 6.07 Å². The predicted molar refractivity (Wildman–Crippen MR) is 92.8 cm³/mol. The van der Waals surface area contributed by atoms with Gasteiger partial charge in [-0.15, -0.1) is 0 Å². The number of carboxylic acids is 1. The van der Waals surface area contributed by atoms with Gasteiger partial charge in [-0.3, -0.25) is 4.79 Å². The van der Waals surface area contributed by atoms with E-state index in [1.165, 1.54) is 32.1 Å². The third-order valence-corrected chi connectivity index (χ3v) is 5.31. The van der Waals surface area contributed by atoms with Crippen LogP contribution < -0.4 is 0 Å². The fourth-order valence-corrected chi connectivity index (χ4v) is 4.11. The standard InChI is InChI=1S/C19H29N3O3/c1-19(2,3)16(18(23)24)14(17-21-15(12-20)22-25-17)11-7-10-13-8-5-4-6-9-13/h13-14,16H,4-11H2,1-3H3,(H,23,24)/t14-,16?/m1/s1. The first-order chi connectivity index (χ1) is 11.8. The molecule has 0 spiro atoms. The largest absolute Gasteiger partial charge is 0.481 e. The SMILES string of the molecule is CC(C)(C)C(C(=O)O)[C@@H](CCCC1CCCCC1)c1nc(C#N)no1. The van der Waals surface area contributed by atoms with Gasteiger partial charge in [-0.2, -0.15) is 10.2 Å². The van der Waals surface area contributed by atoms with Crippen LogP contribution in [0.4, 0.5) is 0 Å². The van der Waals surface area contributed by atoms with Crippen LogP contribution in [-0.2, 0) is 4.79 Å². The van der Waals surface area contributed by atoms with Gasteiger partial charge < -0.3 is 9.63 Å². The molecule has 1 aromatic heterocycles. The summed E-state index contributed by atoms with van der Waals surface area (Å²) in [5.74, 6) is -0.856. The van der Waals surface area contributed by atoms with Gasteiger partial charge in [0.25, 0.3) is 5.82 Å². The van der Waals surface area contributed by atoms with Crippen LogP contribution in [0.25, 0.3) is 0 Å². The lowest BCUT2D eigenvalue weighted by Crippen LogP contribution is -2.34. The molecule has 1 fully saturated rings. The van der Waals surface area contributed by atoms with Crippen molar-refractivity contribution in [2.45, 2.75) is 78.1 Å². The van der Waals surface area contributed by atoms with Crippen LogP contribution in [0.3, 0.4) is 0 Å². The summed E-state index contributed by atoms with van der Waals surface area (Å²) in [6.45, 7) is 5.75. The van der Waals surface area contributed by atoms with Crippen molar-refractivity contribution in [1.29, 1.82) is 5.26 Å². The Morgan fingerprint density at radius 1 is 1.36 bits per heavy atom. The Kier molecular flexibility index (Phi) is 6.57. The van der Waals surface area contributed by atoms with Crippen LogP contribution in [0.5, 0.6) is 0 Å². The predicted octanol–water partition coefficient (Wildman–Crippen LogP) is 4.52. The molecule has 0 amide bonds. The van der Waals surface area contributed by atoms with Gasteiger partial charge in [0, 0.05) is 0 Å². The molecule has 6 heteroatoms. The van der Waals surface area contributed by atoms with Gasteiger partial charge in [-0.1, -0.05) is 65.7 Å². The summed E-state index contributed by atoms with van der Waals surface area (Å²) < 4.78 is 5.24. The normalized spacial score (nSPS) is 18.5. The molecule has 0 radical (unpaired) electrons. The molecule has 0 bridgehead atoms. The van der Waals surface area contributed by atoms with Crippen LogP contribution in [0.15, 0.2) is 4.52 Å². The number of hydrogen-bond acceptors (Lipinski definition) is 5. The maximum atomic E-state index is 11.9. The Morgan fingerprint density at radius 3 is 2.56 bits per heavy atom. The summed E-state index contributed by atoms with van der Waals surface area (Å²) in [5, 5.41) is 22.4. The second-order valence-corrected chi connectivity index (χ2v) is 8.29. The molecule has 0 aliphatic heterocycles. The molecule has 25 heavy (non-hydrogen) atoms. The lowest BCUT2D eigenvalue weighted by Gasteiger charge is -2.32. The van der Waals surface area contributed by atoms with Crippen molar-refractivity contribution >= 4 is 5.97 Å². The Balaban J connectivity index is 2.13. The van der Waals surface area contributed by atoms with Crippen LogP contribution >= 0.6 is 0 Å². The zero-order valence-electron chi connectivity index (χ0n) is 15.5. The van der Waals surface area contributed by atoms with E-state index >= 15 is 0 Å². The Morgan fingerprint density at radius 2 is 2.04 bits per heavy atom. The second-order valence-electron chi connectivity index (χ2n) is 8.29. The summed E-state index contributed by atoms with van der Waals surface area (Å²) in [7, 11) is 0. The molecule has 1 heterocycles. The molecular weight excluding hydrogens is 318 g/mol. The first-order valence-corrected chi connectivity index (χ1v) is 9.29. The molecule has 138 valence electrons. The number of nitrogens with zero attached hydrogens (tertiary/aromatic N) is 3. The van der Waals surface area contributed by atoms with E-state index in [9.17, 15) is 9.90 Å². The molecule has 1 unspecified atom stereocenters. The van der Waals surface area contributed by atoms with Gasteiger partial charge in [-0.25, -0.2) is 0 Å². The van der Waals surface area contributed by atoms with E-state index in [0.717, 1.165) is 18.8 Å². The van der Waals surface area contributed by atoms with Crippen LogP contribution in [0.1, 0.15) is 89.8 Å². The fourth-order valence-electron chi connectivity index (χ4n) is 4.11. The maximum absolute atomic E-state index is 11.9. The second kappa shape index (κ2) is 8.46. The molecule has 1 aromatic rings.